The fourth-order valence-electron chi connectivity index (χ4n) is 4.31. The summed E-state index contributed by atoms with van der Waals surface area (Å²) in [6.45, 7) is 4.69. The second kappa shape index (κ2) is 8.31. The molecular weight excluding hydrogens is 442 g/mol. The fraction of sp³-hybridized carbons (Fsp3) is 0.333. The van der Waals surface area contributed by atoms with Gasteiger partial charge in [0.25, 0.3) is 5.91 Å². The number of piperazine rings is 1. The van der Waals surface area contributed by atoms with E-state index in [0.717, 1.165) is 10.9 Å². The Morgan fingerprint density at radius 2 is 1.70 bits per heavy atom. The molecule has 0 radical (unpaired) electrons. The number of pyridine rings is 1. The lowest BCUT2D eigenvalue weighted by molar-refractivity contribution is -0.145. The lowest BCUT2D eigenvalue weighted by atomic mass is 10.1. The first-order valence-corrected chi connectivity index (χ1v) is 12.4. The number of carbonyl (C=O) groups is 1. The molecule has 2 aliphatic heterocycles. The van der Waals surface area contributed by atoms with Gasteiger partial charge in [0.15, 0.2) is 11.5 Å². The molecule has 9 heteroatoms. The van der Waals surface area contributed by atoms with Crippen LogP contribution < -0.4 is 9.47 Å². The third-order valence-electron chi connectivity index (χ3n) is 6.06. The van der Waals surface area contributed by atoms with Crippen molar-refractivity contribution in [3.63, 3.8) is 0 Å². The predicted octanol–water partition coefficient (Wildman–Crippen LogP) is 2.60. The Kier molecular flexibility index (Phi) is 5.46. The van der Waals surface area contributed by atoms with Gasteiger partial charge < -0.3 is 14.4 Å². The van der Waals surface area contributed by atoms with Crippen LogP contribution in [0.1, 0.15) is 12.5 Å². The molecule has 172 valence electrons. The molecule has 2 aromatic carbocycles. The Morgan fingerprint density at radius 1 is 1.00 bits per heavy atom. The maximum atomic E-state index is 13.4. The summed E-state index contributed by atoms with van der Waals surface area (Å²) in [5.41, 5.74) is 1.43. The maximum Gasteiger partial charge on any atom is 0.267 e. The van der Waals surface area contributed by atoms with Crippen LogP contribution >= 0.6 is 0 Å². The third kappa shape index (κ3) is 3.91. The van der Waals surface area contributed by atoms with Crippen LogP contribution in [0.3, 0.4) is 0 Å². The first-order chi connectivity index (χ1) is 15.8. The van der Waals surface area contributed by atoms with Crippen molar-refractivity contribution >= 4 is 26.8 Å². The summed E-state index contributed by atoms with van der Waals surface area (Å²) < 4.78 is 40.0. The van der Waals surface area contributed by atoms with Crippen LogP contribution in [0.2, 0.25) is 0 Å². The van der Waals surface area contributed by atoms with E-state index in [4.69, 9.17) is 9.47 Å². The zero-order valence-electron chi connectivity index (χ0n) is 18.5. The van der Waals surface area contributed by atoms with Crippen molar-refractivity contribution in [2.45, 2.75) is 31.0 Å². The molecule has 0 spiro atoms. The van der Waals surface area contributed by atoms with Crippen LogP contribution in [0.5, 0.6) is 11.5 Å². The number of hydrogen-bond donors (Lipinski definition) is 0. The SMILES string of the molecule is Cc1cnc2c(S(=O)(=O)N3CCN(C(=O)C4Oc5ccccc5OC4C)CC3)cccc2c1. The van der Waals surface area contributed by atoms with Crippen LogP contribution in [0.15, 0.2) is 59.6 Å². The van der Waals surface area contributed by atoms with Crippen LogP contribution in [0.4, 0.5) is 0 Å². The van der Waals surface area contributed by atoms with Crippen molar-refractivity contribution in [2.24, 2.45) is 0 Å². The standard InChI is InChI=1S/C24H25N3O5S/c1-16-14-18-6-5-9-21(22(18)25-15-16)33(29,30)27-12-10-26(11-13-27)24(28)23-17(2)31-19-7-3-4-8-20(19)32-23/h3-9,14-15,17,23H,10-13H2,1-2H3. The van der Waals surface area contributed by atoms with E-state index in [1.54, 1.807) is 42.3 Å². The molecule has 2 atom stereocenters. The summed E-state index contributed by atoms with van der Waals surface area (Å²) >= 11 is 0. The average molecular weight is 468 g/mol. The number of aryl methyl sites for hydroxylation is 1. The summed E-state index contributed by atoms with van der Waals surface area (Å²) in [4.78, 5) is 19.4. The van der Waals surface area contributed by atoms with Crippen molar-refractivity contribution in [2.75, 3.05) is 26.2 Å². The van der Waals surface area contributed by atoms with Crippen LogP contribution in [-0.2, 0) is 14.8 Å². The van der Waals surface area contributed by atoms with Gasteiger partial charge in [-0.05, 0) is 43.7 Å². The number of benzene rings is 2. The van der Waals surface area contributed by atoms with Gasteiger partial charge in [-0.15, -0.1) is 0 Å². The Bertz CT molecular complexity index is 1320. The first kappa shape index (κ1) is 21.7. The van der Waals surface area contributed by atoms with Crippen molar-refractivity contribution in [3.05, 3.63) is 60.3 Å². The third-order valence-corrected chi connectivity index (χ3v) is 7.99. The van der Waals surface area contributed by atoms with Gasteiger partial charge in [-0.25, -0.2) is 8.42 Å². The number of fused-ring (bicyclic) bond motifs is 2. The molecule has 3 heterocycles. The summed E-state index contributed by atoms with van der Waals surface area (Å²) in [5.74, 6) is 0.953. The lowest BCUT2D eigenvalue weighted by Crippen LogP contribution is -2.56. The monoisotopic (exact) mass is 467 g/mol. The summed E-state index contributed by atoms with van der Waals surface area (Å²) in [7, 11) is -3.75. The molecule has 2 aliphatic rings. The van der Waals surface area contributed by atoms with Crippen LogP contribution in [0, 0.1) is 6.92 Å². The number of nitrogens with zero attached hydrogens (tertiary/aromatic N) is 3. The molecule has 0 N–H and O–H groups in total. The molecule has 1 aromatic heterocycles. The van der Waals surface area contributed by atoms with Crippen molar-refractivity contribution in [1.82, 2.24) is 14.2 Å². The van der Waals surface area contributed by atoms with Gasteiger partial charge in [-0.3, -0.25) is 9.78 Å². The molecule has 5 rings (SSSR count). The zero-order valence-corrected chi connectivity index (χ0v) is 19.3. The smallest absolute Gasteiger partial charge is 0.267 e. The number of hydrogen-bond acceptors (Lipinski definition) is 6. The van der Waals surface area contributed by atoms with Gasteiger partial charge >= 0.3 is 0 Å². The number of sulfonamides is 1. The Balaban J connectivity index is 1.31. The highest BCUT2D eigenvalue weighted by Gasteiger charge is 2.39. The number of carbonyl (C=O) groups excluding carboxylic acids is 1. The molecule has 0 bridgehead atoms. The molecule has 3 aromatic rings. The lowest BCUT2D eigenvalue weighted by Gasteiger charge is -2.38. The van der Waals surface area contributed by atoms with Gasteiger partial charge in [-0.1, -0.05) is 24.3 Å². The van der Waals surface area contributed by atoms with Crippen molar-refractivity contribution in [1.29, 1.82) is 0 Å². The minimum Gasteiger partial charge on any atom is -0.482 e. The topological polar surface area (TPSA) is 89.0 Å². The highest BCUT2D eigenvalue weighted by molar-refractivity contribution is 7.89. The minimum absolute atomic E-state index is 0.189. The van der Waals surface area contributed by atoms with Crippen LogP contribution in [-0.4, -0.2) is 66.9 Å². The summed E-state index contributed by atoms with van der Waals surface area (Å²) in [5, 5.41) is 0.786. The molecule has 2 unspecified atom stereocenters. The van der Waals surface area contributed by atoms with E-state index in [-0.39, 0.29) is 37.0 Å². The van der Waals surface area contributed by atoms with E-state index in [1.165, 1.54) is 4.31 Å². The van der Waals surface area contributed by atoms with E-state index >= 15 is 0 Å². The summed E-state index contributed by atoms with van der Waals surface area (Å²) in [6, 6.07) is 14.3. The van der Waals surface area contributed by atoms with Gasteiger partial charge in [0.1, 0.15) is 11.0 Å². The van der Waals surface area contributed by atoms with Gasteiger partial charge in [0.05, 0.1) is 5.52 Å². The normalized spacial score (nSPS) is 21.2. The summed E-state index contributed by atoms with van der Waals surface area (Å²) in [6.07, 6.45) is 0.455. The molecule has 1 fully saturated rings. The fourth-order valence-corrected chi connectivity index (χ4v) is 5.90. The second-order valence-corrected chi connectivity index (χ2v) is 10.3. The molecule has 1 saturated heterocycles. The van der Waals surface area contributed by atoms with E-state index in [9.17, 15) is 13.2 Å². The van der Waals surface area contributed by atoms with Gasteiger partial charge in [0.2, 0.25) is 16.1 Å². The molecule has 0 aliphatic carbocycles. The number of aromatic nitrogens is 1. The Labute approximate surface area is 192 Å². The highest BCUT2D eigenvalue weighted by Crippen LogP contribution is 2.34. The van der Waals surface area contributed by atoms with Gasteiger partial charge in [0, 0.05) is 37.8 Å². The molecule has 8 nitrogen and oxygen atoms in total. The van der Waals surface area contributed by atoms with E-state index in [2.05, 4.69) is 4.98 Å². The van der Waals surface area contributed by atoms with E-state index < -0.39 is 22.2 Å². The maximum absolute atomic E-state index is 13.4. The molecule has 33 heavy (non-hydrogen) atoms. The molecular formula is C24H25N3O5S. The van der Waals surface area contributed by atoms with Gasteiger partial charge in [-0.2, -0.15) is 4.31 Å². The Morgan fingerprint density at radius 3 is 2.42 bits per heavy atom. The first-order valence-electron chi connectivity index (χ1n) is 10.9. The molecule has 0 saturated carbocycles. The Hall–Kier alpha value is -3.17. The number of amides is 1. The molecule has 1 amide bonds. The quantitative estimate of drug-likeness (QED) is 0.588. The number of rotatable bonds is 3. The number of ether oxygens (including phenoxy) is 2. The van der Waals surface area contributed by atoms with Crippen LogP contribution in [0.25, 0.3) is 10.9 Å². The minimum atomic E-state index is -3.75. The van der Waals surface area contributed by atoms with E-state index in [1.807, 2.05) is 31.2 Å². The number of para-hydroxylation sites is 3. The average Bonchev–Trinajstić information content (AvgIpc) is 2.82. The largest absolute Gasteiger partial charge is 0.482 e. The zero-order chi connectivity index (χ0) is 23.2. The predicted molar refractivity (Wildman–Crippen MR) is 123 cm³/mol. The van der Waals surface area contributed by atoms with Crippen molar-refractivity contribution in [3.8, 4) is 11.5 Å². The highest BCUT2D eigenvalue weighted by atomic mass is 32.2. The van der Waals surface area contributed by atoms with E-state index in [0.29, 0.717) is 17.0 Å². The second-order valence-electron chi connectivity index (χ2n) is 8.38. The van der Waals surface area contributed by atoms with Crippen molar-refractivity contribution < 1.29 is 22.7 Å².